The Hall–Kier alpha value is -3.34. The number of ether oxygens (including phenoxy) is 3. The predicted molar refractivity (Wildman–Crippen MR) is 98.5 cm³/mol. The maximum absolute atomic E-state index is 11.8. The van der Waals surface area contributed by atoms with Crippen LogP contribution >= 0.6 is 11.6 Å². The summed E-state index contributed by atoms with van der Waals surface area (Å²) in [6, 6.07) is 3.23. The van der Waals surface area contributed by atoms with Crippen LogP contribution in [-0.4, -0.2) is 42.2 Å². The number of nitrogens with zero attached hydrogens (tertiary/aromatic N) is 4. The van der Waals surface area contributed by atoms with Gasteiger partial charge in [-0.1, -0.05) is 11.6 Å². The van der Waals surface area contributed by atoms with Crippen LogP contribution in [0.1, 0.15) is 5.56 Å². The maximum Gasteiger partial charge on any atom is 0.415 e. The second-order valence-electron chi connectivity index (χ2n) is 5.03. The molecule has 0 saturated heterocycles. The van der Waals surface area contributed by atoms with E-state index < -0.39 is 21.3 Å². The van der Waals surface area contributed by atoms with Crippen LogP contribution < -0.4 is 25.2 Å². The van der Waals surface area contributed by atoms with Gasteiger partial charge in [0.2, 0.25) is 5.75 Å². The molecule has 0 aliphatic rings. The standard InChI is InChI=1S/C15H16ClN5O6/c1-20-15(22)11(16)12(14(19-20)21(23)24)18-17-7-8-5-9(25-2)13(27-4)10(6-8)26-3/h5-7,18H,1-4H3/b17-7+. The maximum atomic E-state index is 11.8. The van der Waals surface area contributed by atoms with Crippen LogP contribution in [0.5, 0.6) is 17.2 Å². The average molecular weight is 398 g/mol. The van der Waals surface area contributed by atoms with Gasteiger partial charge in [-0.05, 0) is 17.1 Å². The number of hydrogen-bond donors (Lipinski definition) is 1. The number of hydrogen-bond acceptors (Lipinski definition) is 9. The first-order valence-corrected chi connectivity index (χ1v) is 7.72. The van der Waals surface area contributed by atoms with Gasteiger partial charge in [0.15, 0.2) is 17.2 Å². The van der Waals surface area contributed by atoms with Crippen molar-refractivity contribution in [3.63, 3.8) is 0 Å². The van der Waals surface area contributed by atoms with Crippen molar-refractivity contribution in [2.24, 2.45) is 12.1 Å². The summed E-state index contributed by atoms with van der Waals surface area (Å²) in [5, 5.41) is 18.2. The van der Waals surface area contributed by atoms with E-state index in [9.17, 15) is 14.9 Å². The van der Waals surface area contributed by atoms with Crippen molar-refractivity contribution >= 4 is 29.3 Å². The highest BCUT2D eigenvalue weighted by Crippen LogP contribution is 2.37. The average Bonchev–Trinajstić information content (AvgIpc) is 2.66. The van der Waals surface area contributed by atoms with Gasteiger partial charge < -0.3 is 24.3 Å². The van der Waals surface area contributed by atoms with E-state index in [0.29, 0.717) is 22.8 Å². The number of nitro groups is 1. The van der Waals surface area contributed by atoms with Crippen molar-refractivity contribution in [2.75, 3.05) is 26.8 Å². The normalized spacial score (nSPS) is 10.7. The van der Waals surface area contributed by atoms with Gasteiger partial charge in [-0.2, -0.15) is 5.10 Å². The second-order valence-corrected chi connectivity index (χ2v) is 5.41. The molecule has 0 fully saturated rings. The summed E-state index contributed by atoms with van der Waals surface area (Å²) >= 11 is 5.89. The van der Waals surface area contributed by atoms with Crippen LogP contribution in [0.2, 0.25) is 5.02 Å². The van der Waals surface area contributed by atoms with E-state index in [2.05, 4.69) is 15.6 Å². The zero-order valence-electron chi connectivity index (χ0n) is 14.8. The molecule has 11 nitrogen and oxygen atoms in total. The largest absolute Gasteiger partial charge is 0.493 e. The van der Waals surface area contributed by atoms with Crippen LogP contribution in [0.25, 0.3) is 0 Å². The quantitative estimate of drug-likeness (QED) is 0.425. The molecule has 144 valence electrons. The lowest BCUT2D eigenvalue weighted by Crippen LogP contribution is -2.22. The molecule has 1 N–H and O–H groups in total. The molecule has 1 aromatic carbocycles. The monoisotopic (exact) mass is 397 g/mol. The number of rotatable bonds is 7. The minimum absolute atomic E-state index is 0.312. The van der Waals surface area contributed by atoms with Crippen molar-refractivity contribution < 1.29 is 19.1 Å². The van der Waals surface area contributed by atoms with Crippen molar-refractivity contribution in [3.05, 3.63) is 43.2 Å². The number of aromatic nitrogens is 2. The smallest absolute Gasteiger partial charge is 0.415 e. The van der Waals surface area contributed by atoms with E-state index in [4.69, 9.17) is 25.8 Å². The highest BCUT2D eigenvalue weighted by molar-refractivity contribution is 6.33. The molecule has 1 aromatic heterocycles. The van der Waals surface area contributed by atoms with Gasteiger partial charge in [0.1, 0.15) is 5.02 Å². The molecule has 0 spiro atoms. The van der Waals surface area contributed by atoms with Crippen LogP contribution in [0.15, 0.2) is 22.0 Å². The van der Waals surface area contributed by atoms with Crippen LogP contribution in [0.4, 0.5) is 11.5 Å². The Balaban J connectivity index is 2.40. The Kier molecular flexibility index (Phi) is 6.19. The lowest BCUT2D eigenvalue weighted by atomic mass is 10.2. The topological polar surface area (TPSA) is 130 Å². The van der Waals surface area contributed by atoms with Gasteiger partial charge in [-0.15, -0.1) is 4.68 Å². The van der Waals surface area contributed by atoms with Gasteiger partial charge in [-0.25, -0.2) is 0 Å². The molecule has 0 atom stereocenters. The molecular formula is C15H16ClN5O6. The molecule has 0 radical (unpaired) electrons. The molecule has 27 heavy (non-hydrogen) atoms. The highest BCUT2D eigenvalue weighted by Gasteiger charge is 2.24. The molecule has 1 heterocycles. The molecular weight excluding hydrogens is 382 g/mol. The SMILES string of the molecule is COc1cc(/C=N/Nc2c([N+](=O)[O-])nn(C)c(=O)c2Cl)cc(OC)c1OC. The molecule has 0 aliphatic heterocycles. The van der Waals surface area contributed by atoms with E-state index in [-0.39, 0.29) is 5.69 Å². The number of hydrazone groups is 1. The van der Waals surface area contributed by atoms with E-state index in [1.807, 2.05) is 0 Å². The first-order chi connectivity index (χ1) is 12.8. The third-order valence-electron chi connectivity index (χ3n) is 3.42. The van der Waals surface area contributed by atoms with Crippen molar-refractivity contribution in [1.82, 2.24) is 9.78 Å². The zero-order chi connectivity index (χ0) is 20.1. The first kappa shape index (κ1) is 20.0. The molecule has 2 rings (SSSR count). The molecule has 0 amide bonds. The summed E-state index contributed by atoms with van der Waals surface area (Å²) in [6.07, 6.45) is 1.34. The Bertz CT molecular complexity index is 933. The van der Waals surface area contributed by atoms with Gasteiger partial charge in [0.05, 0.1) is 39.7 Å². The number of anilines is 1. The Morgan fingerprint density at radius 1 is 1.26 bits per heavy atom. The summed E-state index contributed by atoms with van der Waals surface area (Å²) in [4.78, 5) is 22.2. The van der Waals surface area contributed by atoms with Crippen LogP contribution in [-0.2, 0) is 7.05 Å². The molecule has 0 bridgehead atoms. The fourth-order valence-corrected chi connectivity index (χ4v) is 2.41. The number of methoxy groups -OCH3 is 3. The molecule has 12 heteroatoms. The minimum atomic E-state index is -0.775. The second kappa shape index (κ2) is 8.36. The lowest BCUT2D eigenvalue weighted by molar-refractivity contribution is -0.389. The van der Waals surface area contributed by atoms with Gasteiger partial charge in [-0.3, -0.25) is 10.2 Å². The van der Waals surface area contributed by atoms with Gasteiger partial charge in [0, 0.05) is 5.56 Å². The van der Waals surface area contributed by atoms with E-state index in [1.54, 1.807) is 12.1 Å². The predicted octanol–water partition coefficient (Wildman–Crippen LogP) is 1.81. The molecule has 0 saturated carbocycles. The van der Waals surface area contributed by atoms with Crippen molar-refractivity contribution in [2.45, 2.75) is 0 Å². The minimum Gasteiger partial charge on any atom is -0.493 e. The van der Waals surface area contributed by atoms with Gasteiger partial charge in [0.25, 0.3) is 0 Å². The van der Waals surface area contributed by atoms with Crippen molar-refractivity contribution in [1.29, 1.82) is 0 Å². The number of aryl methyl sites for hydroxylation is 1. The Labute approximate surface area is 158 Å². The molecule has 2 aromatic rings. The summed E-state index contributed by atoms with van der Waals surface area (Å²) < 4.78 is 16.5. The summed E-state index contributed by atoms with van der Waals surface area (Å²) in [5.41, 5.74) is 1.91. The van der Waals surface area contributed by atoms with Crippen LogP contribution in [0.3, 0.4) is 0 Å². The summed E-state index contributed by atoms with van der Waals surface area (Å²) in [6.45, 7) is 0. The zero-order valence-corrected chi connectivity index (χ0v) is 15.6. The Morgan fingerprint density at radius 2 is 1.85 bits per heavy atom. The number of halogens is 1. The summed E-state index contributed by atoms with van der Waals surface area (Å²) in [7, 11) is 5.65. The first-order valence-electron chi connectivity index (χ1n) is 7.34. The number of nitrogens with one attached hydrogen (secondary N) is 1. The van der Waals surface area contributed by atoms with Crippen molar-refractivity contribution in [3.8, 4) is 17.2 Å². The lowest BCUT2D eigenvalue weighted by Gasteiger charge is -2.12. The molecule has 0 unspecified atom stereocenters. The number of benzene rings is 1. The van der Waals surface area contributed by atoms with E-state index in [1.165, 1.54) is 34.6 Å². The Morgan fingerprint density at radius 3 is 2.33 bits per heavy atom. The third-order valence-corrected chi connectivity index (χ3v) is 3.77. The van der Waals surface area contributed by atoms with E-state index in [0.717, 1.165) is 4.68 Å². The van der Waals surface area contributed by atoms with Crippen LogP contribution in [0, 0.1) is 10.1 Å². The fraction of sp³-hybridized carbons (Fsp3) is 0.267. The highest BCUT2D eigenvalue weighted by atomic mass is 35.5. The fourth-order valence-electron chi connectivity index (χ4n) is 2.16. The molecule has 0 aliphatic carbocycles. The van der Waals surface area contributed by atoms with E-state index >= 15 is 0 Å². The van der Waals surface area contributed by atoms with Gasteiger partial charge >= 0.3 is 11.4 Å². The summed E-state index contributed by atoms with van der Waals surface area (Å²) in [5.74, 6) is 0.568. The third kappa shape index (κ3) is 4.08.